The summed E-state index contributed by atoms with van der Waals surface area (Å²) >= 11 is 0. The standard InChI is InChI=1S/C24H29N3O2/c28-24(29)19-9-10-23(25-13-19)26-14-18-11-20(16-26)22-8-4-7-21(27(22)15-18)12-17-5-2-1-3-6-17/h1-3,5-6,9-10,13,18,20-22H,4,7-8,11-12,14-16H2,(H,28,29)/t18-,20+,21+,22-/m0/s1. The van der Waals surface area contributed by atoms with E-state index in [4.69, 9.17) is 5.11 Å². The van der Waals surface area contributed by atoms with Crippen LogP contribution in [0.3, 0.4) is 0 Å². The van der Waals surface area contributed by atoms with Gasteiger partial charge in [-0.15, -0.1) is 0 Å². The Morgan fingerprint density at radius 2 is 1.93 bits per heavy atom. The summed E-state index contributed by atoms with van der Waals surface area (Å²) in [5.41, 5.74) is 1.71. The van der Waals surface area contributed by atoms with Crippen LogP contribution in [0.4, 0.5) is 5.82 Å². The third-order valence-electron chi connectivity index (χ3n) is 7.15. The molecule has 3 aliphatic rings. The largest absolute Gasteiger partial charge is 0.478 e. The van der Waals surface area contributed by atoms with Crippen LogP contribution >= 0.6 is 0 Å². The number of hydrogen-bond donors (Lipinski definition) is 1. The first-order valence-electron chi connectivity index (χ1n) is 10.9. The summed E-state index contributed by atoms with van der Waals surface area (Å²) in [6, 6.07) is 15.8. The molecule has 5 nitrogen and oxygen atoms in total. The number of pyridine rings is 1. The van der Waals surface area contributed by atoms with Gasteiger partial charge >= 0.3 is 5.97 Å². The van der Waals surface area contributed by atoms with E-state index in [0.717, 1.165) is 18.9 Å². The molecule has 2 aromatic rings. The van der Waals surface area contributed by atoms with Gasteiger partial charge in [-0.25, -0.2) is 9.78 Å². The summed E-state index contributed by atoms with van der Waals surface area (Å²) < 4.78 is 0. The fourth-order valence-corrected chi connectivity index (χ4v) is 5.90. The lowest BCUT2D eigenvalue weighted by Gasteiger charge is -2.55. The molecule has 0 saturated carbocycles. The second-order valence-electron chi connectivity index (χ2n) is 9.02. The maximum Gasteiger partial charge on any atom is 0.337 e. The first kappa shape index (κ1) is 18.6. The Labute approximate surface area is 172 Å². The number of nitrogens with zero attached hydrogens (tertiary/aromatic N) is 3. The van der Waals surface area contributed by atoms with Gasteiger partial charge in [0.15, 0.2) is 0 Å². The second kappa shape index (κ2) is 7.79. The van der Waals surface area contributed by atoms with Gasteiger partial charge in [-0.3, -0.25) is 4.90 Å². The molecule has 1 N–H and O–H groups in total. The van der Waals surface area contributed by atoms with Crippen LogP contribution in [0.2, 0.25) is 0 Å². The lowest BCUT2D eigenvalue weighted by Crippen LogP contribution is -2.62. The summed E-state index contributed by atoms with van der Waals surface area (Å²) in [7, 11) is 0. The van der Waals surface area contributed by atoms with Gasteiger partial charge < -0.3 is 10.0 Å². The highest BCUT2D eigenvalue weighted by molar-refractivity contribution is 5.87. The molecule has 5 rings (SSSR count). The predicted octanol–water partition coefficient (Wildman–Crippen LogP) is 3.70. The van der Waals surface area contributed by atoms with E-state index >= 15 is 0 Å². The predicted molar refractivity (Wildman–Crippen MR) is 113 cm³/mol. The first-order chi connectivity index (χ1) is 14.2. The molecule has 0 aliphatic carbocycles. The quantitative estimate of drug-likeness (QED) is 0.861. The highest BCUT2D eigenvalue weighted by atomic mass is 16.4. The average Bonchev–Trinajstić information content (AvgIpc) is 2.75. The number of rotatable bonds is 4. The van der Waals surface area contributed by atoms with Gasteiger partial charge in [-0.2, -0.15) is 0 Å². The summed E-state index contributed by atoms with van der Waals surface area (Å²) in [6.45, 7) is 3.24. The number of aromatic carboxylic acids is 1. The van der Waals surface area contributed by atoms with Crippen molar-refractivity contribution in [3.63, 3.8) is 0 Å². The summed E-state index contributed by atoms with van der Waals surface area (Å²) in [6.07, 6.45) is 7.92. The molecule has 0 unspecified atom stereocenters. The number of aromatic nitrogens is 1. The van der Waals surface area contributed by atoms with Gasteiger partial charge in [0.1, 0.15) is 5.82 Å². The number of anilines is 1. The van der Waals surface area contributed by atoms with E-state index in [1.807, 2.05) is 6.07 Å². The van der Waals surface area contributed by atoms with Gasteiger partial charge in [0.25, 0.3) is 0 Å². The second-order valence-corrected chi connectivity index (χ2v) is 9.02. The third kappa shape index (κ3) is 3.76. The number of benzene rings is 1. The van der Waals surface area contributed by atoms with Crippen molar-refractivity contribution < 1.29 is 9.90 Å². The Kier molecular flexibility index (Phi) is 5.00. The van der Waals surface area contributed by atoms with E-state index < -0.39 is 5.97 Å². The van der Waals surface area contributed by atoms with Crippen molar-refractivity contribution in [2.45, 2.75) is 44.2 Å². The lowest BCUT2D eigenvalue weighted by atomic mass is 9.74. The summed E-state index contributed by atoms with van der Waals surface area (Å²) in [5, 5.41) is 9.12. The molecular formula is C24H29N3O2. The minimum atomic E-state index is -0.915. The molecule has 0 amide bonds. The number of carboxylic acids is 1. The van der Waals surface area contributed by atoms with Gasteiger partial charge in [0.05, 0.1) is 5.56 Å². The Morgan fingerprint density at radius 1 is 1.07 bits per heavy atom. The van der Waals surface area contributed by atoms with Crippen LogP contribution in [0.15, 0.2) is 48.7 Å². The molecule has 1 aromatic heterocycles. The van der Waals surface area contributed by atoms with E-state index in [9.17, 15) is 4.79 Å². The van der Waals surface area contributed by atoms with Crippen molar-refractivity contribution in [3.8, 4) is 0 Å². The zero-order chi connectivity index (χ0) is 19.8. The average molecular weight is 392 g/mol. The van der Waals surface area contributed by atoms with Gasteiger partial charge in [-0.1, -0.05) is 36.8 Å². The fourth-order valence-electron chi connectivity index (χ4n) is 5.90. The fraction of sp³-hybridized carbons (Fsp3) is 0.500. The van der Waals surface area contributed by atoms with Crippen LogP contribution in [0.25, 0.3) is 0 Å². The number of carbonyl (C=O) groups is 1. The molecule has 0 spiro atoms. The van der Waals surface area contributed by atoms with Crippen LogP contribution in [-0.2, 0) is 6.42 Å². The van der Waals surface area contributed by atoms with Crippen molar-refractivity contribution in [3.05, 3.63) is 59.8 Å². The Morgan fingerprint density at radius 3 is 2.69 bits per heavy atom. The van der Waals surface area contributed by atoms with Crippen molar-refractivity contribution >= 4 is 11.8 Å². The van der Waals surface area contributed by atoms with Crippen LogP contribution in [0, 0.1) is 11.8 Å². The van der Waals surface area contributed by atoms with E-state index in [1.54, 1.807) is 6.07 Å². The van der Waals surface area contributed by atoms with Gasteiger partial charge in [0, 0.05) is 37.9 Å². The van der Waals surface area contributed by atoms with Gasteiger partial charge in [0.2, 0.25) is 0 Å². The number of carboxylic acid groups (broad SMARTS) is 1. The maximum atomic E-state index is 11.1. The van der Waals surface area contributed by atoms with Crippen molar-refractivity contribution in [2.24, 2.45) is 11.8 Å². The Hall–Kier alpha value is -2.40. The molecule has 4 atom stereocenters. The number of hydrogen-bond acceptors (Lipinski definition) is 4. The van der Waals surface area contributed by atoms with E-state index in [-0.39, 0.29) is 5.56 Å². The Bertz CT molecular complexity index is 854. The van der Waals surface area contributed by atoms with E-state index in [0.29, 0.717) is 23.9 Å². The molecule has 0 radical (unpaired) electrons. The summed E-state index contributed by atoms with van der Waals surface area (Å²) in [5.74, 6) is 1.36. The molecule has 3 aliphatic heterocycles. The molecule has 3 fully saturated rings. The zero-order valence-corrected chi connectivity index (χ0v) is 16.8. The number of piperidine rings is 3. The molecule has 152 valence electrons. The number of fused-ring (bicyclic) bond motifs is 4. The lowest BCUT2D eigenvalue weighted by molar-refractivity contribution is -0.0187. The van der Waals surface area contributed by atoms with Crippen LogP contribution in [0.1, 0.15) is 41.6 Å². The third-order valence-corrected chi connectivity index (χ3v) is 7.15. The van der Waals surface area contributed by atoms with Crippen molar-refractivity contribution in [2.75, 3.05) is 24.5 Å². The first-order valence-corrected chi connectivity index (χ1v) is 10.9. The molecule has 2 bridgehead atoms. The smallest absolute Gasteiger partial charge is 0.337 e. The highest BCUT2D eigenvalue weighted by Crippen LogP contribution is 2.41. The molecule has 4 heterocycles. The Balaban J connectivity index is 1.31. The summed E-state index contributed by atoms with van der Waals surface area (Å²) in [4.78, 5) is 20.8. The maximum absolute atomic E-state index is 11.1. The van der Waals surface area contributed by atoms with Crippen LogP contribution in [-0.4, -0.2) is 52.7 Å². The minimum absolute atomic E-state index is 0.258. The highest BCUT2D eigenvalue weighted by Gasteiger charge is 2.44. The topological polar surface area (TPSA) is 56.7 Å². The van der Waals surface area contributed by atoms with Crippen molar-refractivity contribution in [1.29, 1.82) is 0 Å². The van der Waals surface area contributed by atoms with E-state index in [1.165, 1.54) is 50.4 Å². The van der Waals surface area contributed by atoms with Crippen LogP contribution < -0.4 is 4.90 Å². The molecule has 5 heteroatoms. The van der Waals surface area contributed by atoms with E-state index in [2.05, 4.69) is 45.1 Å². The van der Waals surface area contributed by atoms with Crippen molar-refractivity contribution in [1.82, 2.24) is 9.88 Å². The zero-order valence-electron chi connectivity index (χ0n) is 16.8. The normalized spacial score (nSPS) is 29.3. The molecule has 1 aromatic carbocycles. The van der Waals surface area contributed by atoms with Gasteiger partial charge in [-0.05, 0) is 55.2 Å². The monoisotopic (exact) mass is 391 g/mol. The molecule has 3 saturated heterocycles. The SMILES string of the molecule is O=C(O)c1ccc(N2C[C@@H]3C[C@H](C2)[C@@H]2CCC[C@H](Cc4ccccc4)N2C3)nc1. The minimum Gasteiger partial charge on any atom is -0.478 e. The molecular weight excluding hydrogens is 362 g/mol. The molecule has 29 heavy (non-hydrogen) atoms. The van der Waals surface area contributed by atoms with Crippen LogP contribution in [0.5, 0.6) is 0 Å².